The number of hydrogen-bond donors (Lipinski definition) is 0. The van der Waals surface area contributed by atoms with Gasteiger partial charge in [-0.15, -0.1) is 5.92 Å². The Bertz CT molecular complexity index is 510. The fourth-order valence-electron chi connectivity index (χ4n) is 2.41. The average molecular weight is 277 g/mol. The van der Waals surface area contributed by atoms with Crippen molar-refractivity contribution in [3.05, 3.63) is 12.1 Å². The second-order valence-electron chi connectivity index (χ2n) is 4.92. The summed E-state index contributed by atoms with van der Waals surface area (Å²) in [6.07, 6.45) is 5.83. The summed E-state index contributed by atoms with van der Waals surface area (Å²) in [5.41, 5.74) is 0. The van der Waals surface area contributed by atoms with Crippen LogP contribution >= 0.6 is 0 Å². The first-order valence-corrected chi connectivity index (χ1v) is 7.03. The number of halogens is 1. The van der Waals surface area contributed by atoms with Crippen LogP contribution in [0.4, 0.5) is 10.2 Å². The molecule has 0 aromatic carbocycles. The van der Waals surface area contributed by atoms with Crippen molar-refractivity contribution < 1.29 is 9.13 Å². The minimum atomic E-state index is -0.487. The van der Waals surface area contributed by atoms with Gasteiger partial charge < -0.3 is 9.64 Å². The Morgan fingerprint density at radius 1 is 1.40 bits per heavy atom. The van der Waals surface area contributed by atoms with Crippen LogP contribution in [0.5, 0.6) is 5.88 Å². The van der Waals surface area contributed by atoms with Gasteiger partial charge in [0, 0.05) is 12.6 Å². The van der Waals surface area contributed by atoms with Gasteiger partial charge in [0.1, 0.15) is 6.33 Å². The van der Waals surface area contributed by atoms with Crippen LogP contribution in [-0.4, -0.2) is 29.2 Å². The molecular formula is C15H20FN3O. The lowest BCUT2D eigenvalue weighted by Gasteiger charge is -2.28. The number of nitrogens with zero attached hydrogens (tertiary/aromatic N) is 3. The first-order valence-electron chi connectivity index (χ1n) is 7.03. The quantitative estimate of drug-likeness (QED) is 0.796. The van der Waals surface area contributed by atoms with Gasteiger partial charge in [-0.3, -0.25) is 0 Å². The molecule has 108 valence electrons. The third-order valence-corrected chi connectivity index (χ3v) is 3.52. The molecule has 2 heterocycles. The summed E-state index contributed by atoms with van der Waals surface area (Å²) >= 11 is 0. The number of hydrogen-bond acceptors (Lipinski definition) is 4. The maximum Gasteiger partial charge on any atom is 0.256 e. The molecule has 0 radical (unpaired) electrons. The second-order valence-corrected chi connectivity index (χ2v) is 4.92. The monoisotopic (exact) mass is 277 g/mol. The molecule has 0 saturated carbocycles. The molecule has 1 atom stereocenters. The van der Waals surface area contributed by atoms with Crippen LogP contribution in [0.2, 0.25) is 0 Å². The van der Waals surface area contributed by atoms with Gasteiger partial charge in [-0.2, -0.15) is 9.37 Å². The van der Waals surface area contributed by atoms with Crippen LogP contribution < -0.4 is 9.64 Å². The van der Waals surface area contributed by atoms with E-state index in [-0.39, 0.29) is 18.5 Å². The van der Waals surface area contributed by atoms with Crippen LogP contribution in [0, 0.1) is 17.7 Å². The maximum absolute atomic E-state index is 14.5. The van der Waals surface area contributed by atoms with Gasteiger partial charge in [0.15, 0.2) is 12.4 Å². The van der Waals surface area contributed by atoms with Crippen LogP contribution in [0.15, 0.2) is 6.33 Å². The number of rotatable bonds is 3. The van der Waals surface area contributed by atoms with E-state index in [4.69, 9.17) is 4.74 Å². The van der Waals surface area contributed by atoms with E-state index in [1.165, 1.54) is 19.2 Å². The summed E-state index contributed by atoms with van der Waals surface area (Å²) in [6, 6.07) is 0.283. The van der Waals surface area contributed by atoms with Crippen LogP contribution in [0.3, 0.4) is 0 Å². The van der Waals surface area contributed by atoms with Crippen molar-refractivity contribution in [2.75, 3.05) is 18.1 Å². The second kappa shape index (κ2) is 7.09. The highest BCUT2D eigenvalue weighted by molar-refractivity contribution is 5.44. The molecule has 0 N–H and O–H groups in total. The zero-order valence-corrected chi connectivity index (χ0v) is 12.0. The Morgan fingerprint density at radius 3 is 3.05 bits per heavy atom. The van der Waals surface area contributed by atoms with Crippen molar-refractivity contribution in [2.45, 2.75) is 45.6 Å². The third kappa shape index (κ3) is 3.38. The minimum absolute atomic E-state index is 0.0193. The van der Waals surface area contributed by atoms with Gasteiger partial charge in [-0.25, -0.2) is 4.98 Å². The summed E-state index contributed by atoms with van der Waals surface area (Å²) in [7, 11) is 0. The van der Waals surface area contributed by atoms with E-state index in [1.54, 1.807) is 6.92 Å². The van der Waals surface area contributed by atoms with E-state index in [2.05, 4.69) is 28.7 Å². The fraction of sp³-hybridized carbons (Fsp3) is 0.600. The van der Waals surface area contributed by atoms with E-state index in [0.29, 0.717) is 5.82 Å². The highest BCUT2D eigenvalue weighted by Gasteiger charge is 2.23. The molecular weight excluding hydrogens is 257 g/mol. The number of aromatic nitrogens is 2. The van der Waals surface area contributed by atoms with E-state index in [9.17, 15) is 4.39 Å². The van der Waals surface area contributed by atoms with E-state index in [1.807, 2.05) is 4.90 Å². The van der Waals surface area contributed by atoms with Gasteiger partial charge in [0.05, 0.1) is 0 Å². The summed E-state index contributed by atoms with van der Waals surface area (Å²) in [4.78, 5) is 9.97. The largest absolute Gasteiger partial charge is 0.462 e. The summed E-state index contributed by atoms with van der Waals surface area (Å²) in [5.74, 6) is 5.26. The van der Waals surface area contributed by atoms with E-state index < -0.39 is 5.82 Å². The molecule has 1 fully saturated rings. The Hall–Kier alpha value is -1.83. The molecule has 1 aromatic heterocycles. The molecule has 1 unspecified atom stereocenters. The van der Waals surface area contributed by atoms with Gasteiger partial charge >= 0.3 is 0 Å². The smallest absolute Gasteiger partial charge is 0.256 e. The van der Waals surface area contributed by atoms with Gasteiger partial charge in [0.25, 0.3) is 5.88 Å². The van der Waals surface area contributed by atoms with Crippen molar-refractivity contribution in [3.8, 4) is 17.7 Å². The molecule has 1 aromatic rings. The molecule has 2 rings (SSSR count). The molecule has 1 aliphatic rings. The minimum Gasteiger partial charge on any atom is -0.462 e. The Balaban J connectivity index is 2.21. The molecule has 0 bridgehead atoms. The molecule has 4 nitrogen and oxygen atoms in total. The highest BCUT2D eigenvalue weighted by atomic mass is 19.1. The van der Waals surface area contributed by atoms with Gasteiger partial charge in [0.2, 0.25) is 5.82 Å². The fourth-order valence-corrected chi connectivity index (χ4v) is 2.41. The Labute approximate surface area is 119 Å². The van der Waals surface area contributed by atoms with Crippen molar-refractivity contribution in [2.24, 2.45) is 0 Å². The Morgan fingerprint density at radius 2 is 2.25 bits per heavy atom. The van der Waals surface area contributed by atoms with Gasteiger partial charge in [-0.1, -0.05) is 18.8 Å². The van der Waals surface area contributed by atoms with E-state index in [0.717, 1.165) is 19.4 Å². The normalized spacial score (nSPS) is 18.9. The van der Waals surface area contributed by atoms with Gasteiger partial charge in [-0.05, 0) is 26.7 Å². The van der Waals surface area contributed by atoms with Crippen molar-refractivity contribution in [1.29, 1.82) is 0 Å². The molecule has 20 heavy (non-hydrogen) atoms. The molecule has 0 amide bonds. The molecule has 0 aliphatic carbocycles. The summed E-state index contributed by atoms with van der Waals surface area (Å²) in [6.45, 7) is 4.78. The predicted molar refractivity (Wildman–Crippen MR) is 76.2 cm³/mol. The maximum atomic E-state index is 14.5. The summed E-state index contributed by atoms with van der Waals surface area (Å²) < 4.78 is 19.7. The zero-order valence-electron chi connectivity index (χ0n) is 12.0. The molecule has 0 spiro atoms. The predicted octanol–water partition coefficient (Wildman–Crippen LogP) is 2.79. The number of ether oxygens (including phenoxy) is 1. The lowest BCUT2D eigenvalue weighted by Crippen LogP contribution is -2.34. The lowest BCUT2D eigenvalue weighted by molar-refractivity contribution is 0.330. The standard InChI is InChI=1S/C15H20FN3O/c1-3-4-10-20-15-13(16)14(17-11-18-15)19-9-7-5-6-8-12(19)2/h11-12H,5-10H2,1-2H3. The third-order valence-electron chi connectivity index (χ3n) is 3.52. The van der Waals surface area contributed by atoms with E-state index >= 15 is 0 Å². The number of anilines is 1. The van der Waals surface area contributed by atoms with Crippen molar-refractivity contribution in [3.63, 3.8) is 0 Å². The molecule has 1 saturated heterocycles. The van der Waals surface area contributed by atoms with Crippen molar-refractivity contribution >= 4 is 5.82 Å². The molecule has 5 heteroatoms. The van der Waals surface area contributed by atoms with Crippen LogP contribution in [0.25, 0.3) is 0 Å². The SMILES string of the molecule is CC#CCOc1ncnc(N2CCCCCC2C)c1F. The highest BCUT2D eigenvalue weighted by Crippen LogP contribution is 2.27. The van der Waals surface area contributed by atoms with Crippen LogP contribution in [0.1, 0.15) is 39.5 Å². The topological polar surface area (TPSA) is 38.3 Å². The molecule has 1 aliphatic heterocycles. The first-order chi connectivity index (χ1) is 9.74. The Kier molecular flexibility index (Phi) is 5.16. The average Bonchev–Trinajstić information content (AvgIpc) is 2.66. The summed E-state index contributed by atoms with van der Waals surface area (Å²) in [5, 5.41) is 0. The van der Waals surface area contributed by atoms with Crippen molar-refractivity contribution in [1.82, 2.24) is 9.97 Å². The van der Waals surface area contributed by atoms with Crippen LogP contribution in [-0.2, 0) is 0 Å². The zero-order chi connectivity index (χ0) is 14.4. The lowest BCUT2D eigenvalue weighted by atomic mass is 10.1. The first kappa shape index (κ1) is 14.6.